The third-order valence-electron chi connectivity index (χ3n) is 4.87. The third kappa shape index (κ3) is 4.23. The van der Waals surface area contributed by atoms with Crippen LogP contribution in [0.15, 0.2) is 41.5 Å². The van der Waals surface area contributed by atoms with Crippen molar-refractivity contribution in [1.29, 1.82) is 0 Å². The highest BCUT2D eigenvalue weighted by Gasteiger charge is 2.20. The number of H-pyrrole nitrogens is 1. The van der Waals surface area contributed by atoms with Crippen molar-refractivity contribution < 1.29 is 4.74 Å². The van der Waals surface area contributed by atoms with E-state index in [9.17, 15) is 4.79 Å². The quantitative estimate of drug-likeness (QED) is 0.886. The van der Waals surface area contributed by atoms with Crippen LogP contribution >= 0.6 is 0 Å². The fourth-order valence-corrected chi connectivity index (χ4v) is 3.41. The van der Waals surface area contributed by atoms with Crippen LogP contribution in [0.4, 0.5) is 0 Å². The first kappa shape index (κ1) is 16.7. The molecule has 128 valence electrons. The van der Waals surface area contributed by atoms with E-state index in [2.05, 4.69) is 20.9 Å². The smallest absolute Gasteiger partial charge is 0.252 e. The topological polar surface area (TPSA) is 58.2 Å². The van der Waals surface area contributed by atoms with Crippen LogP contribution in [0, 0.1) is 5.92 Å². The number of methoxy groups -OCH3 is 1. The highest BCUT2D eigenvalue weighted by molar-refractivity contribution is 5.25. The van der Waals surface area contributed by atoms with Crippen molar-refractivity contribution in [2.75, 3.05) is 20.2 Å². The van der Waals surface area contributed by atoms with E-state index in [-0.39, 0.29) is 5.56 Å². The molecule has 0 unspecified atom stereocenters. The molecule has 0 atom stereocenters. The van der Waals surface area contributed by atoms with Crippen LogP contribution in [0.1, 0.15) is 30.4 Å². The number of aryl methyl sites for hydroxylation is 1. The first-order chi connectivity index (χ1) is 11.8. The van der Waals surface area contributed by atoms with Crippen LogP contribution in [0.2, 0.25) is 0 Å². The molecule has 1 aliphatic rings. The van der Waals surface area contributed by atoms with E-state index in [1.54, 1.807) is 19.5 Å². The highest BCUT2D eigenvalue weighted by atomic mass is 16.5. The Morgan fingerprint density at radius 2 is 2.04 bits per heavy atom. The number of aromatic amines is 1. The summed E-state index contributed by atoms with van der Waals surface area (Å²) in [5, 5.41) is 0. The molecule has 2 aromatic heterocycles. The molecular formula is C19H25N3O2. The summed E-state index contributed by atoms with van der Waals surface area (Å²) < 4.78 is 5.33. The first-order valence-electron chi connectivity index (χ1n) is 8.63. The molecule has 0 aliphatic carbocycles. The van der Waals surface area contributed by atoms with Crippen LogP contribution < -0.4 is 10.3 Å². The number of nitrogens with one attached hydrogen (secondary N) is 1. The summed E-state index contributed by atoms with van der Waals surface area (Å²) in [4.78, 5) is 21.2. The molecule has 0 bridgehead atoms. The molecule has 24 heavy (non-hydrogen) atoms. The van der Waals surface area contributed by atoms with Crippen molar-refractivity contribution in [3.8, 4) is 5.88 Å². The molecule has 5 heteroatoms. The zero-order valence-electron chi connectivity index (χ0n) is 14.2. The van der Waals surface area contributed by atoms with E-state index in [1.165, 1.54) is 24.8 Å². The largest absolute Gasteiger partial charge is 0.481 e. The van der Waals surface area contributed by atoms with Crippen molar-refractivity contribution in [1.82, 2.24) is 14.9 Å². The zero-order valence-corrected chi connectivity index (χ0v) is 14.2. The summed E-state index contributed by atoms with van der Waals surface area (Å²) in [7, 11) is 1.68. The monoisotopic (exact) mass is 327 g/mol. The van der Waals surface area contributed by atoms with Gasteiger partial charge < -0.3 is 9.72 Å². The fraction of sp³-hybridized carbons (Fsp3) is 0.474. The lowest BCUT2D eigenvalue weighted by Gasteiger charge is -2.31. The predicted octanol–water partition coefficient (Wildman–Crippen LogP) is 2.62. The lowest BCUT2D eigenvalue weighted by atomic mass is 9.90. The van der Waals surface area contributed by atoms with E-state index in [0.717, 1.165) is 43.4 Å². The average molecular weight is 327 g/mol. The van der Waals surface area contributed by atoms with Gasteiger partial charge in [0.1, 0.15) is 0 Å². The molecule has 2 aromatic rings. The number of piperidine rings is 1. The third-order valence-corrected chi connectivity index (χ3v) is 4.87. The lowest BCUT2D eigenvalue weighted by molar-refractivity contribution is 0.171. The molecule has 1 fully saturated rings. The van der Waals surface area contributed by atoms with Gasteiger partial charge in [0.2, 0.25) is 5.88 Å². The van der Waals surface area contributed by atoms with E-state index < -0.39 is 0 Å². The molecule has 1 N–H and O–H groups in total. The van der Waals surface area contributed by atoms with E-state index >= 15 is 0 Å². The second kappa shape index (κ2) is 8.11. The van der Waals surface area contributed by atoms with Gasteiger partial charge in [-0.3, -0.25) is 9.69 Å². The van der Waals surface area contributed by atoms with Gasteiger partial charge in [0.25, 0.3) is 5.56 Å². The molecule has 3 heterocycles. The van der Waals surface area contributed by atoms with Gasteiger partial charge in [-0.2, -0.15) is 0 Å². The van der Waals surface area contributed by atoms with Crippen LogP contribution in [-0.2, 0) is 13.0 Å². The van der Waals surface area contributed by atoms with Gasteiger partial charge in [0.15, 0.2) is 0 Å². The lowest BCUT2D eigenvalue weighted by Crippen LogP contribution is -2.35. The minimum Gasteiger partial charge on any atom is -0.481 e. The number of ether oxygens (including phenoxy) is 1. The van der Waals surface area contributed by atoms with Crippen LogP contribution in [-0.4, -0.2) is 35.1 Å². The van der Waals surface area contributed by atoms with Gasteiger partial charge in [-0.1, -0.05) is 12.1 Å². The van der Waals surface area contributed by atoms with Crippen LogP contribution in [0.5, 0.6) is 5.88 Å². The summed E-state index contributed by atoms with van der Waals surface area (Å²) >= 11 is 0. The Morgan fingerprint density at radius 3 is 2.79 bits per heavy atom. The Labute approximate surface area is 142 Å². The summed E-state index contributed by atoms with van der Waals surface area (Å²) in [6, 6.07) is 7.88. The van der Waals surface area contributed by atoms with Crippen LogP contribution in [0.3, 0.4) is 0 Å². The Morgan fingerprint density at radius 1 is 1.25 bits per heavy atom. The Kier molecular flexibility index (Phi) is 5.64. The van der Waals surface area contributed by atoms with Crippen molar-refractivity contribution in [3.05, 3.63) is 58.1 Å². The summed E-state index contributed by atoms with van der Waals surface area (Å²) in [5.41, 5.74) is 2.08. The second-order valence-corrected chi connectivity index (χ2v) is 6.45. The molecule has 3 rings (SSSR count). The number of hydrogen-bond donors (Lipinski definition) is 1. The van der Waals surface area contributed by atoms with Gasteiger partial charge in [0, 0.05) is 30.1 Å². The minimum absolute atomic E-state index is 0.0308. The first-order valence-corrected chi connectivity index (χ1v) is 8.63. The molecule has 0 spiro atoms. The molecule has 1 saturated heterocycles. The molecule has 5 nitrogen and oxygen atoms in total. The Hall–Kier alpha value is -2.14. The molecule has 1 aliphatic heterocycles. The minimum atomic E-state index is 0.0308. The van der Waals surface area contributed by atoms with Crippen LogP contribution in [0.25, 0.3) is 0 Å². The maximum atomic E-state index is 11.8. The van der Waals surface area contributed by atoms with Gasteiger partial charge in [-0.25, -0.2) is 4.98 Å². The molecule has 0 aromatic carbocycles. The van der Waals surface area contributed by atoms with E-state index in [4.69, 9.17) is 4.74 Å². The number of aromatic nitrogens is 2. The maximum Gasteiger partial charge on any atom is 0.252 e. The summed E-state index contributed by atoms with van der Waals surface area (Å²) in [5.74, 6) is 1.48. The van der Waals surface area contributed by atoms with Gasteiger partial charge in [0.05, 0.1) is 7.11 Å². The standard InChI is InChI=1S/C19H25N3O2/c1-24-19-16(4-2-11-21-19)7-6-15-8-12-22(13-9-15)14-17-5-3-10-20-18(17)23/h2-5,10-11,15H,6-9,12-14H2,1H3,(H,20,23). The van der Waals surface area contributed by atoms with Crippen molar-refractivity contribution in [3.63, 3.8) is 0 Å². The predicted molar refractivity (Wildman–Crippen MR) is 94.2 cm³/mol. The fourth-order valence-electron chi connectivity index (χ4n) is 3.41. The number of pyridine rings is 2. The van der Waals surface area contributed by atoms with Crippen molar-refractivity contribution >= 4 is 0 Å². The summed E-state index contributed by atoms with van der Waals surface area (Å²) in [6.07, 6.45) is 8.01. The van der Waals surface area contributed by atoms with Crippen molar-refractivity contribution in [2.24, 2.45) is 5.92 Å². The molecule has 0 amide bonds. The SMILES string of the molecule is COc1ncccc1CCC1CCN(Cc2ccc[nH]c2=O)CC1. The molecule has 0 saturated carbocycles. The average Bonchev–Trinajstić information content (AvgIpc) is 2.63. The number of nitrogens with zero attached hydrogens (tertiary/aromatic N) is 2. The normalized spacial score (nSPS) is 16.2. The number of hydrogen-bond acceptors (Lipinski definition) is 4. The molecular weight excluding hydrogens is 302 g/mol. The number of likely N-dealkylation sites (tertiary alicyclic amines) is 1. The summed E-state index contributed by atoms with van der Waals surface area (Å²) in [6.45, 7) is 2.87. The zero-order chi connectivity index (χ0) is 16.8. The van der Waals surface area contributed by atoms with Crippen molar-refractivity contribution in [2.45, 2.75) is 32.2 Å². The van der Waals surface area contributed by atoms with Gasteiger partial charge in [-0.15, -0.1) is 0 Å². The van der Waals surface area contributed by atoms with E-state index in [0.29, 0.717) is 0 Å². The Balaban J connectivity index is 1.47. The van der Waals surface area contributed by atoms with Gasteiger partial charge >= 0.3 is 0 Å². The highest BCUT2D eigenvalue weighted by Crippen LogP contribution is 2.25. The molecule has 0 radical (unpaired) electrons. The van der Waals surface area contributed by atoms with Gasteiger partial charge in [-0.05, 0) is 56.8 Å². The second-order valence-electron chi connectivity index (χ2n) is 6.45. The maximum absolute atomic E-state index is 11.8. The number of rotatable bonds is 6. The Bertz CT molecular complexity index is 706. The van der Waals surface area contributed by atoms with E-state index in [1.807, 2.05) is 18.2 Å².